The lowest BCUT2D eigenvalue weighted by Gasteiger charge is -2.11. The van der Waals surface area contributed by atoms with Gasteiger partial charge < -0.3 is 11.1 Å². The van der Waals surface area contributed by atoms with E-state index < -0.39 is 4.92 Å². The van der Waals surface area contributed by atoms with Gasteiger partial charge in [-0.25, -0.2) is 0 Å². The molecule has 0 aliphatic heterocycles. The molecule has 0 radical (unpaired) electrons. The van der Waals surface area contributed by atoms with Crippen LogP contribution in [0.25, 0.3) is 0 Å². The van der Waals surface area contributed by atoms with Crippen LogP contribution < -0.4 is 11.1 Å². The van der Waals surface area contributed by atoms with Crippen LogP contribution in [-0.2, 0) is 0 Å². The number of hydrogen-bond donors (Lipinski definition) is 2. The Hall–Kier alpha value is -2.56. The number of nitrogen functional groups attached to an aromatic ring is 1. The van der Waals surface area contributed by atoms with Crippen molar-refractivity contribution in [2.75, 3.05) is 11.1 Å². The Morgan fingerprint density at radius 2 is 1.84 bits per heavy atom. The third kappa shape index (κ3) is 2.82. The largest absolute Gasteiger partial charge is 0.399 e. The number of nitro groups is 1. The van der Waals surface area contributed by atoms with Crippen molar-refractivity contribution in [3.8, 4) is 0 Å². The van der Waals surface area contributed by atoms with E-state index in [2.05, 4.69) is 5.32 Å². The van der Waals surface area contributed by atoms with E-state index >= 15 is 0 Å². The van der Waals surface area contributed by atoms with E-state index in [9.17, 15) is 10.1 Å². The van der Waals surface area contributed by atoms with Gasteiger partial charge in [-0.2, -0.15) is 0 Å². The molecule has 2 aromatic carbocycles. The Labute approximate surface area is 111 Å². The second-order valence-corrected chi connectivity index (χ2v) is 4.48. The smallest absolute Gasteiger partial charge is 0.294 e. The van der Waals surface area contributed by atoms with Crippen LogP contribution in [0.3, 0.4) is 0 Å². The minimum Gasteiger partial charge on any atom is -0.399 e. The fourth-order valence-corrected chi connectivity index (χ4v) is 1.82. The third-order valence-electron chi connectivity index (χ3n) is 2.88. The van der Waals surface area contributed by atoms with Gasteiger partial charge in [0.1, 0.15) is 5.69 Å². The van der Waals surface area contributed by atoms with Crippen molar-refractivity contribution in [2.45, 2.75) is 13.8 Å². The minimum atomic E-state index is -0.441. The van der Waals surface area contributed by atoms with Crippen LogP contribution in [0.2, 0.25) is 0 Å². The van der Waals surface area contributed by atoms with Crippen molar-refractivity contribution >= 4 is 22.7 Å². The van der Waals surface area contributed by atoms with Crippen LogP contribution in [0.1, 0.15) is 11.1 Å². The van der Waals surface area contributed by atoms with Gasteiger partial charge >= 0.3 is 0 Å². The number of nitrogens with zero attached hydrogens (tertiary/aromatic N) is 1. The van der Waals surface area contributed by atoms with Crippen molar-refractivity contribution in [3.05, 3.63) is 57.6 Å². The highest BCUT2D eigenvalue weighted by Gasteiger charge is 2.14. The van der Waals surface area contributed by atoms with Crippen molar-refractivity contribution in [2.24, 2.45) is 0 Å². The molecule has 19 heavy (non-hydrogen) atoms. The molecular weight excluding hydrogens is 242 g/mol. The molecule has 5 nitrogen and oxygen atoms in total. The lowest BCUT2D eigenvalue weighted by Crippen LogP contribution is -1.99. The highest BCUT2D eigenvalue weighted by atomic mass is 16.6. The first-order chi connectivity index (χ1) is 8.97. The molecule has 0 aromatic heterocycles. The Balaban J connectivity index is 2.43. The van der Waals surface area contributed by atoms with Gasteiger partial charge in [-0.15, -0.1) is 0 Å². The summed E-state index contributed by atoms with van der Waals surface area (Å²) in [5.74, 6) is 0. The van der Waals surface area contributed by atoms with E-state index in [1.165, 1.54) is 6.07 Å². The summed E-state index contributed by atoms with van der Waals surface area (Å²) in [4.78, 5) is 10.6. The zero-order chi connectivity index (χ0) is 14.0. The Kier molecular flexibility index (Phi) is 3.37. The van der Waals surface area contributed by atoms with Crippen molar-refractivity contribution in [3.63, 3.8) is 0 Å². The molecule has 0 amide bonds. The molecule has 98 valence electrons. The molecular formula is C14H15N3O2. The summed E-state index contributed by atoms with van der Waals surface area (Å²) in [5.41, 5.74) is 9.33. The van der Waals surface area contributed by atoms with E-state index in [0.717, 1.165) is 16.8 Å². The molecule has 2 aromatic rings. The number of hydrogen-bond acceptors (Lipinski definition) is 4. The Morgan fingerprint density at radius 1 is 1.11 bits per heavy atom. The quantitative estimate of drug-likeness (QED) is 0.500. The van der Waals surface area contributed by atoms with Crippen molar-refractivity contribution < 1.29 is 4.92 Å². The Morgan fingerprint density at radius 3 is 2.53 bits per heavy atom. The zero-order valence-corrected chi connectivity index (χ0v) is 10.8. The molecule has 0 atom stereocenters. The van der Waals surface area contributed by atoms with E-state index in [1.54, 1.807) is 12.1 Å². The van der Waals surface area contributed by atoms with Crippen LogP contribution in [0.4, 0.5) is 22.7 Å². The van der Waals surface area contributed by atoms with Gasteiger partial charge in [-0.05, 0) is 43.2 Å². The molecule has 0 spiro atoms. The molecule has 0 saturated heterocycles. The molecule has 0 aliphatic carbocycles. The van der Waals surface area contributed by atoms with Gasteiger partial charge in [0.05, 0.1) is 4.92 Å². The van der Waals surface area contributed by atoms with Gasteiger partial charge in [-0.1, -0.05) is 12.1 Å². The van der Waals surface area contributed by atoms with Gasteiger partial charge in [0.15, 0.2) is 0 Å². The molecule has 5 heteroatoms. The van der Waals surface area contributed by atoms with Crippen LogP contribution in [0.15, 0.2) is 36.4 Å². The van der Waals surface area contributed by atoms with E-state index in [-0.39, 0.29) is 5.69 Å². The lowest BCUT2D eigenvalue weighted by atomic mass is 10.1. The van der Waals surface area contributed by atoms with Crippen LogP contribution >= 0.6 is 0 Å². The maximum Gasteiger partial charge on any atom is 0.294 e. The molecule has 0 heterocycles. The average molecular weight is 257 g/mol. The number of rotatable bonds is 3. The first-order valence-electron chi connectivity index (χ1n) is 5.85. The van der Waals surface area contributed by atoms with Gasteiger partial charge in [0.25, 0.3) is 5.69 Å². The molecule has 2 rings (SSSR count). The zero-order valence-electron chi connectivity index (χ0n) is 10.8. The van der Waals surface area contributed by atoms with Crippen LogP contribution in [-0.4, -0.2) is 4.92 Å². The second-order valence-electron chi connectivity index (χ2n) is 4.48. The molecule has 0 unspecified atom stereocenters. The van der Waals surface area contributed by atoms with Gasteiger partial charge in [0, 0.05) is 17.4 Å². The highest BCUT2D eigenvalue weighted by Crippen LogP contribution is 2.30. The third-order valence-corrected chi connectivity index (χ3v) is 2.88. The number of nitrogens with one attached hydrogen (secondary N) is 1. The summed E-state index contributed by atoms with van der Waals surface area (Å²) in [6.45, 7) is 3.92. The number of nitro benzene ring substituents is 1. The molecule has 0 aliphatic rings. The van der Waals surface area contributed by atoms with E-state index in [1.807, 2.05) is 32.0 Å². The number of nitrogens with two attached hydrogens (primary N) is 1. The fourth-order valence-electron chi connectivity index (χ4n) is 1.82. The first-order valence-corrected chi connectivity index (χ1v) is 5.85. The summed E-state index contributed by atoms with van der Waals surface area (Å²) < 4.78 is 0. The predicted octanol–water partition coefficient (Wildman–Crippen LogP) is 3.54. The number of anilines is 3. The standard InChI is InChI=1S/C14H15N3O2/c1-9-3-4-10(2)13(7-9)16-12-6-5-11(15)8-14(12)17(18)19/h3-8,16H,15H2,1-2H3. The summed E-state index contributed by atoms with van der Waals surface area (Å²) >= 11 is 0. The SMILES string of the molecule is Cc1ccc(C)c(Nc2ccc(N)cc2[N+](=O)[O-])c1. The van der Waals surface area contributed by atoms with Crippen molar-refractivity contribution in [1.29, 1.82) is 0 Å². The summed E-state index contributed by atoms with van der Waals surface area (Å²) in [6.07, 6.45) is 0. The van der Waals surface area contributed by atoms with Crippen LogP contribution in [0, 0.1) is 24.0 Å². The minimum absolute atomic E-state index is 0.0269. The summed E-state index contributed by atoms with van der Waals surface area (Å²) in [7, 11) is 0. The molecule has 0 bridgehead atoms. The highest BCUT2D eigenvalue weighted by molar-refractivity contribution is 5.74. The maximum absolute atomic E-state index is 11.0. The second kappa shape index (κ2) is 4.97. The van der Waals surface area contributed by atoms with Gasteiger partial charge in [-0.3, -0.25) is 10.1 Å². The summed E-state index contributed by atoms with van der Waals surface area (Å²) in [6, 6.07) is 10.5. The Bertz CT molecular complexity index is 639. The topological polar surface area (TPSA) is 81.2 Å². The normalized spacial score (nSPS) is 10.2. The van der Waals surface area contributed by atoms with E-state index in [4.69, 9.17) is 5.73 Å². The summed E-state index contributed by atoms with van der Waals surface area (Å²) in [5, 5.41) is 14.1. The van der Waals surface area contributed by atoms with E-state index in [0.29, 0.717) is 11.4 Å². The molecule has 0 fully saturated rings. The molecule has 3 N–H and O–H groups in total. The number of aryl methyl sites for hydroxylation is 2. The fraction of sp³-hybridized carbons (Fsp3) is 0.143. The van der Waals surface area contributed by atoms with Crippen LogP contribution in [0.5, 0.6) is 0 Å². The number of benzene rings is 2. The van der Waals surface area contributed by atoms with Crippen molar-refractivity contribution in [1.82, 2.24) is 0 Å². The average Bonchev–Trinajstić information content (AvgIpc) is 2.35. The monoisotopic (exact) mass is 257 g/mol. The molecule has 0 saturated carbocycles. The van der Waals surface area contributed by atoms with Gasteiger partial charge in [0.2, 0.25) is 0 Å². The lowest BCUT2D eigenvalue weighted by molar-refractivity contribution is -0.383. The predicted molar refractivity (Wildman–Crippen MR) is 76.7 cm³/mol. The maximum atomic E-state index is 11.0. The first kappa shape index (κ1) is 12.9.